The fraction of sp³-hybridized carbons (Fsp3) is 0.370. The summed E-state index contributed by atoms with van der Waals surface area (Å²) >= 11 is 0. The molecule has 0 aliphatic carbocycles. The van der Waals surface area contributed by atoms with Crippen molar-refractivity contribution in [2.24, 2.45) is 0 Å². The number of carboxylic acid groups (broad SMARTS) is 2. The summed E-state index contributed by atoms with van der Waals surface area (Å²) in [7, 11) is 2.92. The lowest BCUT2D eigenvalue weighted by Gasteiger charge is -2.24. The highest BCUT2D eigenvalue weighted by Gasteiger charge is 2.26. The molecule has 4 N–H and O–H groups in total. The van der Waals surface area contributed by atoms with Gasteiger partial charge in [0.25, 0.3) is 11.8 Å². The number of carboxylic acids is 2. The van der Waals surface area contributed by atoms with Crippen LogP contribution in [-0.4, -0.2) is 67.2 Å². The second-order valence-corrected chi connectivity index (χ2v) is 9.04. The Morgan fingerprint density at radius 2 is 1.34 bits per heavy atom. The monoisotopic (exact) mass is 527 g/mol. The first-order chi connectivity index (χ1) is 17.6. The Morgan fingerprint density at radius 3 is 1.87 bits per heavy atom. The summed E-state index contributed by atoms with van der Waals surface area (Å²) in [6.07, 6.45) is 0. The maximum atomic E-state index is 12.8. The highest BCUT2D eigenvalue weighted by Crippen LogP contribution is 2.32. The molecule has 204 valence electrons. The summed E-state index contributed by atoms with van der Waals surface area (Å²) in [5.74, 6) is -3.97. The average Bonchev–Trinajstić information content (AvgIpc) is 2.80. The van der Waals surface area contributed by atoms with Crippen molar-refractivity contribution in [1.29, 1.82) is 0 Å². The van der Waals surface area contributed by atoms with Gasteiger partial charge in [0.05, 0.1) is 16.8 Å². The number of hydrogen-bond donors (Lipinski definition) is 4. The van der Waals surface area contributed by atoms with Crippen LogP contribution in [0.5, 0.6) is 0 Å². The fourth-order valence-electron chi connectivity index (χ4n) is 4.84. The first-order valence-electron chi connectivity index (χ1n) is 11.7. The minimum atomic E-state index is -1.24. The summed E-state index contributed by atoms with van der Waals surface area (Å²) in [5, 5.41) is 24.3. The molecule has 0 aliphatic heterocycles. The molecular weight excluding hydrogens is 494 g/mol. The zero-order valence-electron chi connectivity index (χ0n) is 22.8. The van der Waals surface area contributed by atoms with E-state index >= 15 is 0 Å². The Bertz CT molecular complexity index is 1350. The minimum absolute atomic E-state index is 0.0909. The van der Waals surface area contributed by atoms with Gasteiger partial charge < -0.3 is 30.5 Å². The summed E-state index contributed by atoms with van der Waals surface area (Å²) in [5.41, 5.74) is 3.48. The minimum Gasteiger partial charge on any atom is -0.478 e. The van der Waals surface area contributed by atoms with Crippen LogP contribution in [0.15, 0.2) is 6.07 Å². The molecule has 0 saturated carbocycles. The number of aromatic carboxylic acids is 2. The van der Waals surface area contributed by atoms with Gasteiger partial charge in [0.2, 0.25) is 5.91 Å². The van der Waals surface area contributed by atoms with E-state index in [2.05, 4.69) is 10.6 Å². The highest BCUT2D eigenvalue weighted by atomic mass is 16.5. The summed E-state index contributed by atoms with van der Waals surface area (Å²) in [6, 6.07) is 1.69. The molecule has 0 atom stereocenters. The number of carbonyl (C=O) groups excluding carboxylic acids is 3. The van der Waals surface area contributed by atoms with Crippen LogP contribution in [0.25, 0.3) is 0 Å². The van der Waals surface area contributed by atoms with Gasteiger partial charge in [-0.1, -0.05) is 6.07 Å². The van der Waals surface area contributed by atoms with Crippen LogP contribution in [-0.2, 0) is 14.3 Å². The van der Waals surface area contributed by atoms with Crippen LogP contribution in [0.4, 0.5) is 11.4 Å². The largest absolute Gasteiger partial charge is 0.478 e. The third-order valence-corrected chi connectivity index (χ3v) is 6.50. The third kappa shape index (κ3) is 5.83. The number of aryl methyl sites for hydroxylation is 2. The molecule has 2 aromatic carbocycles. The molecule has 0 heterocycles. The average molecular weight is 528 g/mol. The molecule has 0 spiro atoms. The molecule has 2 aromatic rings. The van der Waals surface area contributed by atoms with Gasteiger partial charge >= 0.3 is 11.9 Å². The van der Waals surface area contributed by atoms with E-state index in [1.54, 1.807) is 33.8 Å². The van der Waals surface area contributed by atoms with Gasteiger partial charge in [0.15, 0.2) is 0 Å². The Balaban J connectivity index is 2.21. The van der Waals surface area contributed by atoms with Crippen LogP contribution in [0.2, 0.25) is 0 Å². The van der Waals surface area contributed by atoms with Gasteiger partial charge in [0, 0.05) is 25.3 Å². The van der Waals surface area contributed by atoms with E-state index < -0.39 is 42.9 Å². The first kappa shape index (κ1) is 30.0. The van der Waals surface area contributed by atoms with Crippen LogP contribution in [0.3, 0.4) is 0 Å². The number of carbonyl (C=O) groups is 5. The van der Waals surface area contributed by atoms with Crippen molar-refractivity contribution in [2.75, 3.05) is 37.5 Å². The second-order valence-electron chi connectivity index (χ2n) is 9.04. The molecule has 38 heavy (non-hydrogen) atoms. The topological polar surface area (TPSA) is 162 Å². The Hall–Kier alpha value is -4.25. The number of likely N-dealkylation sites (N-methyl/N-ethyl adjacent to an activating group) is 1. The van der Waals surface area contributed by atoms with Crippen molar-refractivity contribution in [3.05, 3.63) is 56.1 Å². The van der Waals surface area contributed by atoms with Crippen molar-refractivity contribution in [3.63, 3.8) is 0 Å². The van der Waals surface area contributed by atoms with Crippen molar-refractivity contribution < 1.29 is 38.9 Å². The summed E-state index contributed by atoms with van der Waals surface area (Å²) in [6.45, 7) is 8.76. The van der Waals surface area contributed by atoms with Crippen molar-refractivity contribution in [2.45, 2.75) is 41.5 Å². The molecule has 3 amide bonds. The van der Waals surface area contributed by atoms with E-state index in [1.807, 2.05) is 0 Å². The van der Waals surface area contributed by atoms with Crippen molar-refractivity contribution in [3.8, 4) is 0 Å². The molecule has 0 aliphatic rings. The van der Waals surface area contributed by atoms with E-state index in [1.165, 1.54) is 32.8 Å². The van der Waals surface area contributed by atoms with E-state index in [0.717, 1.165) is 0 Å². The lowest BCUT2D eigenvalue weighted by molar-refractivity contribution is -0.126. The van der Waals surface area contributed by atoms with Crippen LogP contribution in [0.1, 0.15) is 64.5 Å². The first-order valence-corrected chi connectivity index (χ1v) is 11.7. The quantitative estimate of drug-likeness (QED) is 0.387. The maximum absolute atomic E-state index is 12.8. The molecule has 11 heteroatoms. The lowest BCUT2D eigenvalue weighted by atomic mass is 9.90. The summed E-state index contributed by atoms with van der Waals surface area (Å²) < 4.78 is 5.32. The molecule has 0 aromatic heterocycles. The maximum Gasteiger partial charge on any atom is 0.336 e. The van der Waals surface area contributed by atoms with Crippen molar-refractivity contribution >= 4 is 41.0 Å². The van der Waals surface area contributed by atoms with E-state index in [-0.39, 0.29) is 33.5 Å². The zero-order chi connectivity index (χ0) is 29.1. The number of hydrogen-bond acceptors (Lipinski definition) is 6. The molecule has 0 unspecified atom stereocenters. The molecular formula is C27H33N3O8. The normalized spacial score (nSPS) is 10.6. The standard InChI is InChI=1S/C27H33N3O8/c1-12-9-13(2)24(17(6)20(12)26(34)35)30(8)19(32)11-38-10-18(31)29-23-15(4)21(25(33)28-7)14(3)22(16(23)5)27(36)37/h9H,10-11H2,1-8H3,(H,28,33)(H,29,31)(H,34,35)(H,36,37). The van der Waals surface area contributed by atoms with E-state index in [0.29, 0.717) is 27.9 Å². The van der Waals surface area contributed by atoms with Gasteiger partial charge in [-0.2, -0.15) is 0 Å². The fourth-order valence-corrected chi connectivity index (χ4v) is 4.84. The Morgan fingerprint density at radius 1 is 0.789 bits per heavy atom. The SMILES string of the molecule is CNC(=O)c1c(C)c(NC(=O)COCC(=O)N(C)c2c(C)cc(C)c(C(=O)O)c2C)c(C)c(C(=O)O)c1C. The predicted octanol–water partition coefficient (Wildman–Crippen LogP) is 2.91. The molecule has 0 saturated heterocycles. The number of ether oxygens (including phenoxy) is 1. The molecule has 11 nitrogen and oxygen atoms in total. The number of nitrogens with zero attached hydrogens (tertiary/aromatic N) is 1. The second kappa shape index (κ2) is 11.9. The summed E-state index contributed by atoms with van der Waals surface area (Å²) in [4.78, 5) is 62.7. The highest BCUT2D eigenvalue weighted by molar-refractivity contribution is 6.06. The van der Waals surface area contributed by atoms with Gasteiger partial charge in [-0.3, -0.25) is 14.4 Å². The number of nitrogens with one attached hydrogen (secondary N) is 2. The zero-order valence-corrected chi connectivity index (χ0v) is 22.8. The van der Waals surface area contributed by atoms with Crippen molar-refractivity contribution in [1.82, 2.24) is 5.32 Å². The molecule has 0 radical (unpaired) electrons. The lowest BCUT2D eigenvalue weighted by Crippen LogP contribution is -2.33. The smallest absolute Gasteiger partial charge is 0.336 e. The van der Waals surface area contributed by atoms with Crippen LogP contribution < -0.4 is 15.5 Å². The number of benzene rings is 2. The number of anilines is 2. The third-order valence-electron chi connectivity index (χ3n) is 6.50. The predicted molar refractivity (Wildman–Crippen MR) is 141 cm³/mol. The van der Waals surface area contributed by atoms with E-state index in [4.69, 9.17) is 4.74 Å². The van der Waals surface area contributed by atoms with Gasteiger partial charge in [-0.25, -0.2) is 9.59 Å². The van der Waals surface area contributed by atoms with Crippen LogP contribution in [0, 0.1) is 41.5 Å². The molecule has 2 rings (SSSR count). The number of amides is 3. The Labute approximate surface area is 220 Å². The Kier molecular flexibility index (Phi) is 9.36. The molecule has 0 fully saturated rings. The number of rotatable bonds is 9. The molecule has 0 bridgehead atoms. The van der Waals surface area contributed by atoms with Crippen LogP contribution >= 0.6 is 0 Å². The van der Waals surface area contributed by atoms with E-state index in [9.17, 15) is 34.2 Å². The van der Waals surface area contributed by atoms with Gasteiger partial charge in [-0.15, -0.1) is 0 Å². The van der Waals surface area contributed by atoms with Gasteiger partial charge in [0.1, 0.15) is 13.2 Å². The van der Waals surface area contributed by atoms with Gasteiger partial charge in [-0.05, 0) is 74.9 Å².